The van der Waals surface area contributed by atoms with Gasteiger partial charge in [-0.25, -0.2) is 13.4 Å². The minimum absolute atomic E-state index is 0.00929. The Hall–Kier alpha value is -2.43. The number of benzene rings is 1. The summed E-state index contributed by atoms with van der Waals surface area (Å²) in [5.74, 6) is 0.460. The summed E-state index contributed by atoms with van der Waals surface area (Å²) in [7, 11) is -2.29. The SMILES string of the molecule is COc1ccc(C)cc1NS(=O)(=O)c1cc(-c2nc(C)c(C(=O)N3CCCC3)s2)cs1. The molecule has 1 fully saturated rings. The van der Waals surface area contributed by atoms with Gasteiger partial charge in [-0.05, 0) is 50.5 Å². The molecule has 10 heteroatoms. The Kier molecular flexibility index (Phi) is 6.05. The number of carbonyl (C=O) groups is 1. The second kappa shape index (κ2) is 8.60. The van der Waals surface area contributed by atoms with Gasteiger partial charge >= 0.3 is 0 Å². The standard InChI is InChI=1S/C21H23N3O4S3/c1-13-6-7-17(28-3)16(10-13)23-31(26,27)18-11-15(12-29-18)20-22-14(2)19(30-20)21(25)24-8-4-5-9-24/h6-7,10-12,23H,4-5,8-9H2,1-3H3. The highest BCUT2D eigenvalue weighted by molar-refractivity contribution is 7.94. The van der Waals surface area contributed by atoms with Crippen molar-refractivity contribution in [1.82, 2.24) is 9.88 Å². The van der Waals surface area contributed by atoms with E-state index in [1.807, 2.05) is 24.8 Å². The Morgan fingerprint density at radius 2 is 1.94 bits per heavy atom. The molecular formula is C21H23N3O4S3. The highest BCUT2D eigenvalue weighted by Gasteiger charge is 2.25. The van der Waals surface area contributed by atoms with Crippen LogP contribution >= 0.6 is 22.7 Å². The summed E-state index contributed by atoms with van der Waals surface area (Å²) >= 11 is 2.43. The molecule has 0 aliphatic carbocycles. The highest BCUT2D eigenvalue weighted by atomic mass is 32.2. The van der Waals surface area contributed by atoms with Crippen LogP contribution in [0.3, 0.4) is 0 Å². The zero-order valence-electron chi connectivity index (χ0n) is 17.5. The first-order chi connectivity index (χ1) is 14.8. The summed E-state index contributed by atoms with van der Waals surface area (Å²) in [6, 6.07) is 6.90. The summed E-state index contributed by atoms with van der Waals surface area (Å²) < 4.78 is 33.9. The number of methoxy groups -OCH3 is 1. The van der Waals surface area contributed by atoms with Crippen molar-refractivity contribution < 1.29 is 17.9 Å². The molecule has 164 valence electrons. The third kappa shape index (κ3) is 4.46. The van der Waals surface area contributed by atoms with Crippen molar-refractivity contribution >= 4 is 44.3 Å². The maximum Gasteiger partial charge on any atom is 0.271 e. The van der Waals surface area contributed by atoms with Gasteiger partial charge in [-0.3, -0.25) is 9.52 Å². The number of carbonyl (C=O) groups excluding carboxylic acids is 1. The van der Waals surface area contributed by atoms with E-state index in [2.05, 4.69) is 9.71 Å². The summed E-state index contributed by atoms with van der Waals surface area (Å²) in [5.41, 5.74) is 2.67. The third-order valence-corrected chi connectivity index (χ3v) is 9.07. The molecule has 3 heterocycles. The largest absolute Gasteiger partial charge is 0.495 e. The summed E-state index contributed by atoms with van der Waals surface area (Å²) in [6.45, 7) is 5.26. The molecule has 7 nitrogen and oxygen atoms in total. The lowest BCUT2D eigenvalue weighted by molar-refractivity contribution is 0.0796. The highest BCUT2D eigenvalue weighted by Crippen LogP contribution is 2.35. The van der Waals surface area contributed by atoms with Crippen LogP contribution in [0.1, 0.15) is 33.8 Å². The van der Waals surface area contributed by atoms with Crippen molar-refractivity contribution in [2.75, 3.05) is 24.9 Å². The second-order valence-electron chi connectivity index (χ2n) is 7.40. The van der Waals surface area contributed by atoms with Gasteiger partial charge in [0, 0.05) is 24.0 Å². The van der Waals surface area contributed by atoms with E-state index in [1.54, 1.807) is 23.6 Å². The van der Waals surface area contributed by atoms with Crippen LogP contribution < -0.4 is 9.46 Å². The Morgan fingerprint density at radius 1 is 1.19 bits per heavy atom. The Morgan fingerprint density at radius 3 is 2.65 bits per heavy atom. The van der Waals surface area contributed by atoms with Crippen LogP contribution in [0.25, 0.3) is 10.6 Å². The monoisotopic (exact) mass is 477 g/mol. The molecular weight excluding hydrogens is 454 g/mol. The van der Waals surface area contributed by atoms with Crippen LogP contribution in [0, 0.1) is 13.8 Å². The molecule has 0 spiro atoms. The van der Waals surface area contributed by atoms with E-state index < -0.39 is 10.0 Å². The maximum atomic E-state index is 12.9. The van der Waals surface area contributed by atoms with Crippen LogP contribution in [-0.4, -0.2) is 44.4 Å². The van der Waals surface area contributed by atoms with E-state index in [0.29, 0.717) is 32.6 Å². The number of hydrogen-bond acceptors (Lipinski definition) is 7. The second-order valence-corrected chi connectivity index (χ2v) is 11.2. The lowest BCUT2D eigenvalue weighted by Crippen LogP contribution is -2.27. The van der Waals surface area contributed by atoms with Crippen molar-refractivity contribution in [3.8, 4) is 16.3 Å². The number of likely N-dealkylation sites (tertiary alicyclic amines) is 1. The maximum absolute atomic E-state index is 12.9. The molecule has 1 aliphatic rings. The summed E-state index contributed by atoms with van der Waals surface area (Å²) in [4.78, 5) is 19.8. The van der Waals surface area contributed by atoms with Crippen molar-refractivity contribution in [1.29, 1.82) is 0 Å². The predicted octanol–water partition coefficient (Wildman–Crippen LogP) is 4.53. The zero-order valence-corrected chi connectivity index (χ0v) is 19.9. The van der Waals surface area contributed by atoms with Gasteiger partial charge in [0.2, 0.25) is 0 Å². The number of thiophene rings is 1. The topological polar surface area (TPSA) is 88.6 Å². The summed E-state index contributed by atoms with van der Waals surface area (Å²) in [5, 5.41) is 2.40. The molecule has 31 heavy (non-hydrogen) atoms. The first kappa shape index (κ1) is 21.8. The fourth-order valence-electron chi connectivity index (χ4n) is 3.45. The van der Waals surface area contributed by atoms with Crippen LogP contribution in [0.15, 0.2) is 33.9 Å². The quantitative estimate of drug-likeness (QED) is 0.563. The molecule has 1 amide bonds. The Balaban J connectivity index is 1.59. The normalized spacial score (nSPS) is 14.1. The fourth-order valence-corrected chi connectivity index (χ4v) is 6.77. The average molecular weight is 478 g/mol. The van der Waals surface area contributed by atoms with Crippen LogP contribution in [-0.2, 0) is 10.0 Å². The van der Waals surface area contributed by atoms with Gasteiger partial charge in [-0.1, -0.05) is 6.07 Å². The average Bonchev–Trinajstić information content (AvgIpc) is 3.48. The van der Waals surface area contributed by atoms with Crippen molar-refractivity contribution in [2.24, 2.45) is 0 Å². The van der Waals surface area contributed by atoms with E-state index >= 15 is 0 Å². The number of thiazole rings is 1. The van der Waals surface area contributed by atoms with Gasteiger partial charge in [-0.2, -0.15) is 0 Å². The van der Waals surface area contributed by atoms with Gasteiger partial charge < -0.3 is 9.64 Å². The lowest BCUT2D eigenvalue weighted by atomic mass is 10.2. The molecule has 0 bridgehead atoms. The lowest BCUT2D eigenvalue weighted by Gasteiger charge is -2.13. The molecule has 0 unspecified atom stereocenters. The zero-order chi connectivity index (χ0) is 22.2. The molecule has 4 rings (SSSR count). The summed E-state index contributed by atoms with van der Waals surface area (Å²) in [6.07, 6.45) is 2.06. The molecule has 1 N–H and O–H groups in total. The minimum Gasteiger partial charge on any atom is -0.495 e. The van der Waals surface area contributed by atoms with E-state index in [9.17, 15) is 13.2 Å². The van der Waals surface area contributed by atoms with Gasteiger partial charge in [0.1, 0.15) is 19.8 Å². The van der Waals surface area contributed by atoms with E-state index in [-0.39, 0.29) is 10.1 Å². The van der Waals surface area contributed by atoms with E-state index in [1.165, 1.54) is 18.4 Å². The third-order valence-electron chi connectivity index (χ3n) is 5.07. The van der Waals surface area contributed by atoms with Gasteiger partial charge in [-0.15, -0.1) is 22.7 Å². The van der Waals surface area contributed by atoms with Crippen molar-refractivity contribution in [2.45, 2.75) is 30.9 Å². The molecule has 3 aromatic rings. The number of sulfonamides is 1. The molecule has 1 saturated heterocycles. The molecule has 0 radical (unpaired) electrons. The van der Waals surface area contributed by atoms with Crippen LogP contribution in [0.4, 0.5) is 5.69 Å². The fraction of sp³-hybridized carbons (Fsp3) is 0.333. The predicted molar refractivity (Wildman–Crippen MR) is 124 cm³/mol. The number of aromatic nitrogens is 1. The number of nitrogens with one attached hydrogen (secondary N) is 1. The minimum atomic E-state index is -3.79. The van der Waals surface area contributed by atoms with Crippen LogP contribution in [0.5, 0.6) is 5.75 Å². The Labute approximate surface area is 189 Å². The number of nitrogens with zero attached hydrogens (tertiary/aromatic N) is 2. The number of anilines is 1. The van der Waals surface area contributed by atoms with Gasteiger partial charge in [0.25, 0.3) is 15.9 Å². The van der Waals surface area contributed by atoms with Crippen molar-refractivity contribution in [3.63, 3.8) is 0 Å². The van der Waals surface area contributed by atoms with Gasteiger partial charge in [0.05, 0.1) is 18.5 Å². The number of hydrogen-bond donors (Lipinski definition) is 1. The molecule has 2 aromatic heterocycles. The first-order valence-electron chi connectivity index (χ1n) is 9.81. The van der Waals surface area contributed by atoms with E-state index in [4.69, 9.17) is 4.74 Å². The molecule has 0 atom stereocenters. The van der Waals surface area contributed by atoms with E-state index in [0.717, 1.165) is 42.8 Å². The number of ether oxygens (including phenoxy) is 1. The van der Waals surface area contributed by atoms with Gasteiger partial charge in [0.15, 0.2) is 0 Å². The molecule has 1 aliphatic heterocycles. The smallest absolute Gasteiger partial charge is 0.271 e. The number of amides is 1. The first-order valence-corrected chi connectivity index (χ1v) is 13.0. The van der Waals surface area contributed by atoms with Crippen molar-refractivity contribution in [3.05, 3.63) is 45.8 Å². The Bertz CT molecular complexity index is 1220. The van der Waals surface area contributed by atoms with Crippen LogP contribution in [0.2, 0.25) is 0 Å². The number of rotatable bonds is 6. The number of aryl methyl sites for hydroxylation is 2. The molecule has 0 saturated carbocycles. The molecule has 1 aromatic carbocycles.